The summed E-state index contributed by atoms with van der Waals surface area (Å²) >= 11 is 3.39. The van der Waals surface area contributed by atoms with Crippen molar-refractivity contribution in [3.63, 3.8) is 0 Å². The van der Waals surface area contributed by atoms with Crippen molar-refractivity contribution in [2.24, 2.45) is 0 Å². The Bertz CT molecular complexity index is 836. The van der Waals surface area contributed by atoms with Crippen LogP contribution < -0.4 is 0 Å². The van der Waals surface area contributed by atoms with Crippen molar-refractivity contribution in [3.8, 4) is 11.3 Å². The number of carboxylic acids is 1. The van der Waals surface area contributed by atoms with Gasteiger partial charge in [0.15, 0.2) is 0 Å². The second kappa shape index (κ2) is 6.38. The summed E-state index contributed by atoms with van der Waals surface area (Å²) in [5, 5.41) is 13.9. The van der Waals surface area contributed by atoms with Gasteiger partial charge in [0, 0.05) is 10.0 Å². The zero-order chi connectivity index (χ0) is 16.4. The fourth-order valence-electron chi connectivity index (χ4n) is 2.34. The Morgan fingerprint density at radius 1 is 1.13 bits per heavy atom. The van der Waals surface area contributed by atoms with Gasteiger partial charge in [0.2, 0.25) is 0 Å². The van der Waals surface area contributed by atoms with Crippen LogP contribution in [0.4, 0.5) is 0 Å². The smallest absolute Gasteiger partial charge is 0.354 e. The molecule has 0 amide bonds. The topological polar surface area (TPSA) is 55.1 Å². The number of aromatic nitrogens is 2. The zero-order valence-electron chi connectivity index (χ0n) is 12.5. The highest BCUT2D eigenvalue weighted by atomic mass is 79.9. The summed E-state index contributed by atoms with van der Waals surface area (Å²) in [6, 6.07) is 17.2. The van der Waals surface area contributed by atoms with Crippen LogP contribution in [0.25, 0.3) is 11.3 Å². The molecular formula is C18H15BrN2O2. The van der Waals surface area contributed by atoms with E-state index in [-0.39, 0.29) is 5.69 Å². The van der Waals surface area contributed by atoms with E-state index < -0.39 is 5.97 Å². The molecule has 2 aromatic carbocycles. The Kier molecular flexibility index (Phi) is 4.30. The molecule has 0 aliphatic carbocycles. The van der Waals surface area contributed by atoms with Crippen LogP contribution in [0, 0.1) is 6.92 Å². The summed E-state index contributed by atoms with van der Waals surface area (Å²) in [5.41, 5.74) is 3.91. The zero-order valence-corrected chi connectivity index (χ0v) is 14.1. The quantitative estimate of drug-likeness (QED) is 0.741. The van der Waals surface area contributed by atoms with Gasteiger partial charge in [-0.1, -0.05) is 57.9 Å². The van der Waals surface area contributed by atoms with E-state index in [4.69, 9.17) is 0 Å². The van der Waals surface area contributed by atoms with Gasteiger partial charge in [0.1, 0.15) is 5.69 Å². The maximum absolute atomic E-state index is 11.5. The summed E-state index contributed by atoms with van der Waals surface area (Å²) in [6.45, 7) is 2.45. The fraction of sp³-hybridized carbons (Fsp3) is 0.111. The van der Waals surface area contributed by atoms with Gasteiger partial charge in [-0.2, -0.15) is 5.10 Å². The molecule has 0 radical (unpaired) electrons. The minimum atomic E-state index is -0.979. The third-order valence-electron chi connectivity index (χ3n) is 3.59. The van der Waals surface area contributed by atoms with Gasteiger partial charge in [-0.25, -0.2) is 4.79 Å². The third-order valence-corrected chi connectivity index (χ3v) is 4.12. The van der Waals surface area contributed by atoms with E-state index in [1.165, 1.54) is 10.2 Å². The lowest BCUT2D eigenvalue weighted by Gasteiger charge is -2.05. The van der Waals surface area contributed by atoms with Gasteiger partial charge in [0.05, 0.1) is 12.2 Å². The van der Waals surface area contributed by atoms with E-state index in [1.807, 2.05) is 55.5 Å². The first kappa shape index (κ1) is 15.5. The van der Waals surface area contributed by atoms with Crippen molar-refractivity contribution >= 4 is 21.9 Å². The van der Waals surface area contributed by atoms with Crippen molar-refractivity contribution in [3.05, 3.63) is 75.9 Å². The molecule has 1 N–H and O–H groups in total. The maximum Gasteiger partial charge on any atom is 0.354 e. The van der Waals surface area contributed by atoms with E-state index >= 15 is 0 Å². The average molecular weight is 371 g/mol. The monoisotopic (exact) mass is 370 g/mol. The summed E-state index contributed by atoms with van der Waals surface area (Å²) in [4.78, 5) is 11.5. The lowest BCUT2D eigenvalue weighted by Crippen LogP contribution is -2.10. The first-order valence-corrected chi connectivity index (χ1v) is 7.95. The molecule has 3 aromatic rings. The molecule has 4 nitrogen and oxygen atoms in total. The molecule has 0 spiro atoms. The number of benzene rings is 2. The number of carboxylic acid groups (broad SMARTS) is 1. The predicted molar refractivity (Wildman–Crippen MR) is 92.6 cm³/mol. The molecule has 0 saturated heterocycles. The van der Waals surface area contributed by atoms with E-state index in [0.29, 0.717) is 12.2 Å². The van der Waals surface area contributed by atoms with Crippen LogP contribution in [0.5, 0.6) is 0 Å². The van der Waals surface area contributed by atoms with Crippen molar-refractivity contribution in [1.29, 1.82) is 0 Å². The van der Waals surface area contributed by atoms with Crippen LogP contribution in [0.3, 0.4) is 0 Å². The molecule has 1 aromatic heterocycles. The summed E-state index contributed by atoms with van der Waals surface area (Å²) in [5.74, 6) is -0.979. The predicted octanol–water partition coefficient (Wildman–Crippen LogP) is 4.37. The molecule has 0 aliphatic rings. The Morgan fingerprint density at radius 2 is 1.78 bits per heavy atom. The van der Waals surface area contributed by atoms with Gasteiger partial charge in [-0.15, -0.1) is 0 Å². The highest BCUT2D eigenvalue weighted by Crippen LogP contribution is 2.22. The molecule has 0 atom stereocenters. The number of nitrogens with zero attached hydrogens (tertiary/aromatic N) is 2. The molecule has 1 heterocycles. The molecule has 0 aliphatic heterocycles. The van der Waals surface area contributed by atoms with Crippen LogP contribution in [-0.2, 0) is 6.54 Å². The SMILES string of the molecule is Cc1ccc(Cn2nc(-c3ccc(Br)cc3)cc2C(=O)O)cc1. The second-order valence-electron chi connectivity index (χ2n) is 5.37. The van der Waals surface area contributed by atoms with Gasteiger partial charge in [-0.05, 0) is 30.7 Å². The van der Waals surface area contributed by atoms with Crippen molar-refractivity contribution in [2.75, 3.05) is 0 Å². The number of hydrogen-bond donors (Lipinski definition) is 1. The minimum Gasteiger partial charge on any atom is -0.477 e. The van der Waals surface area contributed by atoms with E-state index in [0.717, 1.165) is 15.6 Å². The number of rotatable bonds is 4. The molecule has 116 valence electrons. The summed E-state index contributed by atoms with van der Waals surface area (Å²) < 4.78 is 2.50. The van der Waals surface area contributed by atoms with Crippen molar-refractivity contribution < 1.29 is 9.90 Å². The minimum absolute atomic E-state index is 0.184. The standard InChI is InChI=1S/C18H15BrN2O2/c1-12-2-4-13(5-3-12)11-21-17(18(22)23)10-16(20-21)14-6-8-15(19)9-7-14/h2-10H,11H2,1H3,(H,22,23). The molecule has 0 bridgehead atoms. The van der Waals surface area contributed by atoms with Crippen LogP contribution in [0.2, 0.25) is 0 Å². The molecular weight excluding hydrogens is 356 g/mol. The summed E-state index contributed by atoms with van der Waals surface area (Å²) in [6.07, 6.45) is 0. The largest absolute Gasteiger partial charge is 0.477 e. The summed E-state index contributed by atoms with van der Waals surface area (Å²) in [7, 11) is 0. The van der Waals surface area contributed by atoms with E-state index in [1.54, 1.807) is 6.07 Å². The van der Waals surface area contributed by atoms with Crippen molar-refractivity contribution in [2.45, 2.75) is 13.5 Å². The number of aryl methyl sites for hydroxylation is 1. The number of aromatic carboxylic acids is 1. The Morgan fingerprint density at radius 3 is 2.39 bits per heavy atom. The number of hydrogen-bond acceptors (Lipinski definition) is 2. The Balaban J connectivity index is 1.97. The van der Waals surface area contributed by atoms with Crippen LogP contribution in [0.15, 0.2) is 59.1 Å². The second-order valence-corrected chi connectivity index (χ2v) is 6.29. The molecule has 5 heteroatoms. The van der Waals surface area contributed by atoms with Crippen LogP contribution >= 0.6 is 15.9 Å². The van der Waals surface area contributed by atoms with E-state index in [9.17, 15) is 9.90 Å². The first-order valence-electron chi connectivity index (χ1n) is 7.15. The maximum atomic E-state index is 11.5. The Labute approximate surface area is 142 Å². The van der Waals surface area contributed by atoms with Gasteiger partial charge >= 0.3 is 5.97 Å². The molecule has 0 saturated carbocycles. The van der Waals surface area contributed by atoms with Crippen LogP contribution in [0.1, 0.15) is 21.6 Å². The van der Waals surface area contributed by atoms with Gasteiger partial charge < -0.3 is 5.11 Å². The molecule has 3 rings (SSSR count). The number of carbonyl (C=O) groups is 1. The van der Waals surface area contributed by atoms with Crippen LogP contribution in [-0.4, -0.2) is 20.9 Å². The van der Waals surface area contributed by atoms with Gasteiger partial charge in [-0.3, -0.25) is 4.68 Å². The lowest BCUT2D eigenvalue weighted by molar-refractivity contribution is 0.0684. The first-order chi connectivity index (χ1) is 11.0. The Hall–Kier alpha value is -2.40. The van der Waals surface area contributed by atoms with E-state index in [2.05, 4.69) is 21.0 Å². The fourth-order valence-corrected chi connectivity index (χ4v) is 2.60. The van der Waals surface area contributed by atoms with Crippen molar-refractivity contribution in [1.82, 2.24) is 9.78 Å². The highest BCUT2D eigenvalue weighted by Gasteiger charge is 2.15. The lowest BCUT2D eigenvalue weighted by atomic mass is 10.1. The average Bonchev–Trinajstić information content (AvgIpc) is 2.94. The number of halogens is 1. The molecule has 0 unspecified atom stereocenters. The van der Waals surface area contributed by atoms with Gasteiger partial charge in [0.25, 0.3) is 0 Å². The highest BCUT2D eigenvalue weighted by molar-refractivity contribution is 9.10. The molecule has 23 heavy (non-hydrogen) atoms. The third kappa shape index (κ3) is 3.51. The normalized spacial score (nSPS) is 10.7. The molecule has 0 fully saturated rings.